The number of hydrogen-bond donors (Lipinski definition) is 3. The number of amides is 1. The zero-order chi connectivity index (χ0) is 19.2. The first kappa shape index (κ1) is 20.6. The number of alkyl halides is 3. The number of methoxy groups -OCH3 is 1. The number of carbonyl (C=O) groups is 1. The SMILES string of the molecule is COc1cccc(C(=O)N[C@H](NC(=S)Nc2ccccc2)C(Cl)(Cl)Cl)c1. The molecule has 0 aliphatic rings. The Morgan fingerprint density at radius 3 is 2.38 bits per heavy atom. The minimum atomic E-state index is -1.84. The summed E-state index contributed by atoms with van der Waals surface area (Å²) >= 11 is 23.2. The van der Waals surface area contributed by atoms with Crippen molar-refractivity contribution in [3.8, 4) is 5.75 Å². The Morgan fingerprint density at radius 1 is 1.08 bits per heavy atom. The molecule has 0 saturated carbocycles. The Labute approximate surface area is 172 Å². The molecule has 0 aromatic heterocycles. The molecule has 138 valence electrons. The molecule has 2 aromatic rings. The lowest BCUT2D eigenvalue weighted by molar-refractivity contribution is 0.0934. The second-order valence-corrected chi connectivity index (χ2v) is 7.92. The van der Waals surface area contributed by atoms with Crippen molar-refractivity contribution in [2.24, 2.45) is 0 Å². The molecule has 26 heavy (non-hydrogen) atoms. The summed E-state index contributed by atoms with van der Waals surface area (Å²) < 4.78 is 3.27. The van der Waals surface area contributed by atoms with E-state index in [9.17, 15) is 4.79 Å². The molecule has 1 atom stereocenters. The Balaban J connectivity index is 2.07. The summed E-state index contributed by atoms with van der Waals surface area (Å²) in [7, 11) is 1.51. The Morgan fingerprint density at radius 2 is 1.77 bits per heavy atom. The topological polar surface area (TPSA) is 62.4 Å². The predicted molar refractivity (Wildman–Crippen MR) is 110 cm³/mol. The smallest absolute Gasteiger partial charge is 0.253 e. The number of rotatable bonds is 5. The lowest BCUT2D eigenvalue weighted by atomic mass is 10.2. The molecule has 0 heterocycles. The fraction of sp³-hybridized carbons (Fsp3) is 0.176. The van der Waals surface area contributed by atoms with Crippen LogP contribution in [0.3, 0.4) is 0 Å². The van der Waals surface area contributed by atoms with Gasteiger partial charge in [0.25, 0.3) is 5.91 Å². The molecule has 5 nitrogen and oxygen atoms in total. The normalized spacial score (nSPS) is 12.0. The van der Waals surface area contributed by atoms with Gasteiger partial charge in [-0.1, -0.05) is 59.1 Å². The van der Waals surface area contributed by atoms with Crippen molar-refractivity contribution in [3.63, 3.8) is 0 Å². The summed E-state index contributed by atoms with van der Waals surface area (Å²) in [5.41, 5.74) is 1.11. The van der Waals surface area contributed by atoms with E-state index in [1.54, 1.807) is 24.3 Å². The maximum absolute atomic E-state index is 12.5. The van der Waals surface area contributed by atoms with Gasteiger partial charge < -0.3 is 20.7 Å². The minimum Gasteiger partial charge on any atom is -0.497 e. The van der Waals surface area contributed by atoms with Crippen LogP contribution < -0.4 is 20.7 Å². The first-order chi connectivity index (χ1) is 12.3. The van der Waals surface area contributed by atoms with E-state index in [0.29, 0.717) is 11.3 Å². The Hall–Kier alpha value is -1.73. The number of hydrogen-bond acceptors (Lipinski definition) is 3. The third-order valence-electron chi connectivity index (χ3n) is 3.24. The van der Waals surface area contributed by atoms with Gasteiger partial charge in [-0.05, 0) is 42.5 Å². The molecule has 0 bridgehead atoms. The number of anilines is 1. The molecule has 0 aliphatic heterocycles. The van der Waals surface area contributed by atoms with E-state index < -0.39 is 15.9 Å². The highest BCUT2D eigenvalue weighted by Crippen LogP contribution is 2.29. The average molecular weight is 433 g/mol. The Bertz CT molecular complexity index is 769. The third-order valence-corrected chi connectivity index (χ3v) is 4.12. The second kappa shape index (κ2) is 9.28. The van der Waals surface area contributed by atoms with E-state index in [0.717, 1.165) is 5.69 Å². The number of benzene rings is 2. The maximum atomic E-state index is 12.5. The molecule has 9 heteroatoms. The zero-order valence-corrected chi connectivity index (χ0v) is 16.7. The van der Waals surface area contributed by atoms with Crippen molar-refractivity contribution in [2.45, 2.75) is 9.96 Å². The summed E-state index contributed by atoms with van der Waals surface area (Å²) in [6.07, 6.45) is -1.06. The number of nitrogens with one attached hydrogen (secondary N) is 3. The summed E-state index contributed by atoms with van der Waals surface area (Å²) in [4.78, 5) is 12.5. The van der Waals surface area contributed by atoms with E-state index >= 15 is 0 Å². The number of carbonyl (C=O) groups excluding carboxylic acids is 1. The number of para-hydroxylation sites is 1. The van der Waals surface area contributed by atoms with Gasteiger partial charge in [-0.2, -0.15) is 0 Å². The largest absolute Gasteiger partial charge is 0.497 e. The summed E-state index contributed by atoms with van der Waals surface area (Å²) in [5, 5.41) is 8.55. The molecule has 2 aromatic carbocycles. The van der Waals surface area contributed by atoms with Crippen molar-refractivity contribution in [1.82, 2.24) is 10.6 Å². The zero-order valence-electron chi connectivity index (χ0n) is 13.6. The number of halogens is 3. The Kier molecular flexibility index (Phi) is 7.34. The highest BCUT2D eigenvalue weighted by Gasteiger charge is 2.35. The quantitative estimate of drug-likeness (QED) is 0.377. The van der Waals surface area contributed by atoms with Crippen LogP contribution in [0.2, 0.25) is 0 Å². The van der Waals surface area contributed by atoms with Crippen molar-refractivity contribution in [3.05, 3.63) is 60.2 Å². The molecular formula is C17H16Cl3N3O2S. The molecule has 2 rings (SSSR count). The van der Waals surface area contributed by atoms with Crippen LogP contribution in [0.1, 0.15) is 10.4 Å². The van der Waals surface area contributed by atoms with Gasteiger partial charge in [-0.3, -0.25) is 4.79 Å². The van der Waals surface area contributed by atoms with Crippen molar-refractivity contribution < 1.29 is 9.53 Å². The summed E-state index contributed by atoms with van der Waals surface area (Å²) in [6, 6.07) is 15.8. The van der Waals surface area contributed by atoms with Gasteiger partial charge in [0.1, 0.15) is 11.9 Å². The summed E-state index contributed by atoms with van der Waals surface area (Å²) in [6.45, 7) is 0. The first-order valence-electron chi connectivity index (χ1n) is 7.44. The molecule has 3 N–H and O–H groups in total. The van der Waals surface area contributed by atoms with E-state index in [1.165, 1.54) is 7.11 Å². The average Bonchev–Trinajstić information content (AvgIpc) is 2.61. The molecule has 1 amide bonds. The van der Waals surface area contributed by atoms with Gasteiger partial charge in [-0.25, -0.2) is 0 Å². The second-order valence-electron chi connectivity index (χ2n) is 5.14. The highest BCUT2D eigenvalue weighted by molar-refractivity contribution is 7.80. The van der Waals surface area contributed by atoms with E-state index in [4.69, 9.17) is 51.8 Å². The van der Waals surface area contributed by atoms with Crippen LogP contribution in [-0.2, 0) is 0 Å². The van der Waals surface area contributed by atoms with Crippen molar-refractivity contribution >= 4 is 63.7 Å². The fourth-order valence-corrected chi connectivity index (χ4v) is 2.56. The third kappa shape index (κ3) is 6.21. The lowest BCUT2D eigenvalue weighted by Gasteiger charge is -2.27. The number of ether oxygens (including phenoxy) is 1. The van der Waals surface area contributed by atoms with Gasteiger partial charge >= 0.3 is 0 Å². The van der Waals surface area contributed by atoms with Crippen LogP contribution in [0.15, 0.2) is 54.6 Å². The minimum absolute atomic E-state index is 0.193. The van der Waals surface area contributed by atoms with Crippen LogP contribution in [0.5, 0.6) is 5.75 Å². The maximum Gasteiger partial charge on any atom is 0.253 e. The van der Waals surface area contributed by atoms with Gasteiger partial charge in [0.2, 0.25) is 3.79 Å². The monoisotopic (exact) mass is 431 g/mol. The summed E-state index contributed by atoms with van der Waals surface area (Å²) in [5.74, 6) is 0.0903. The highest BCUT2D eigenvalue weighted by atomic mass is 35.6. The number of thiocarbonyl (C=S) groups is 1. The van der Waals surface area contributed by atoms with Gasteiger partial charge in [0.15, 0.2) is 5.11 Å². The van der Waals surface area contributed by atoms with E-state index in [-0.39, 0.29) is 5.11 Å². The fourth-order valence-electron chi connectivity index (χ4n) is 2.00. The van der Waals surface area contributed by atoms with Gasteiger partial charge in [-0.15, -0.1) is 0 Å². The van der Waals surface area contributed by atoms with E-state index in [2.05, 4.69) is 16.0 Å². The van der Waals surface area contributed by atoms with Crippen LogP contribution in [0.25, 0.3) is 0 Å². The van der Waals surface area contributed by atoms with E-state index in [1.807, 2.05) is 30.3 Å². The van der Waals surface area contributed by atoms with Crippen molar-refractivity contribution in [2.75, 3.05) is 12.4 Å². The van der Waals surface area contributed by atoms with Crippen LogP contribution >= 0.6 is 47.0 Å². The van der Waals surface area contributed by atoms with Crippen LogP contribution in [0, 0.1) is 0 Å². The lowest BCUT2D eigenvalue weighted by Crippen LogP contribution is -2.56. The molecule has 0 spiro atoms. The van der Waals surface area contributed by atoms with Crippen LogP contribution in [0.4, 0.5) is 5.69 Å². The van der Waals surface area contributed by atoms with Gasteiger partial charge in [0, 0.05) is 11.3 Å². The standard InChI is InChI=1S/C17H16Cl3N3O2S/c1-25-13-9-5-6-11(10-13)14(24)22-15(17(18,19)20)23-16(26)21-12-7-3-2-4-8-12/h2-10,15H,1H3,(H,22,24)(H2,21,23,26)/t15-/m1/s1. The van der Waals surface area contributed by atoms with Gasteiger partial charge in [0.05, 0.1) is 7.11 Å². The molecule has 0 unspecified atom stereocenters. The molecule has 0 fully saturated rings. The van der Waals surface area contributed by atoms with Crippen molar-refractivity contribution in [1.29, 1.82) is 0 Å². The molecular weight excluding hydrogens is 417 g/mol. The predicted octanol–water partition coefficient (Wildman–Crippen LogP) is 4.11. The first-order valence-corrected chi connectivity index (χ1v) is 8.98. The van der Waals surface area contributed by atoms with Crippen LogP contribution in [-0.4, -0.2) is 28.1 Å². The molecule has 0 radical (unpaired) electrons. The molecule has 0 aliphatic carbocycles. The molecule has 0 saturated heterocycles.